The quantitative estimate of drug-likeness (QED) is 0.234. The average Bonchev–Trinajstić information content (AvgIpc) is 2.73. The molecule has 4 nitrogen and oxygen atoms in total. The van der Waals surface area contributed by atoms with Gasteiger partial charge < -0.3 is 0 Å². The van der Waals surface area contributed by atoms with Crippen molar-refractivity contribution in [3.8, 4) is 11.3 Å². The van der Waals surface area contributed by atoms with Crippen molar-refractivity contribution in [3.63, 3.8) is 0 Å². The van der Waals surface area contributed by atoms with Crippen molar-refractivity contribution < 1.29 is 4.92 Å². The molecule has 0 fully saturated rings. The number of pyridine rings is 1. The zero-order chi connectivity index (χ0) is 19.3. The van der Waals surface area contributed by atoms with Crippen molar-refractivity contribution in [1.29, 1.82) is 0 Å². The van der Waals surface area contributed by atoms with E-state index in [1.807, 2.05) is 12.1 Å². The second-order valence-corrected chi connectivity index (χ2v) is 7.63. The van der Waals surface area contributed by atoms with Crippen molar-refractivity contribution in [1.82, 2.24) is 4.98 Å². The largest absolute Gasteiger partial charge is 0.269 e. The number of benzene rings is 3. The molecular weight excluding hydrogens is 348 g/mol. The Kier molecular flexibility index (Phi) is 3.86. The SMILES string of the molecule is C[C@@H]1CCCc2c(-c3ccc([N+](=O)[O-])cc3)nc3ccc4ccccc4c3c21. The van der Waals surface area contributed by atoms with Crippen molar-refractivity contribution in [2.24, 2.45) is 0 Å². The molecule has 1 aliphatic carbocycles. The topological polar surface area (TPSA) is 56.0 Å². The lowest BCUT2D eigenvalue weighted by Crippen LogP contribution is -2.11. The van der Waals surface area contributed by atoms with Crippen LogP contribution in [0, 0.1) is 10.1 Å². The van der Waals surface area contributed by atoms with E-state index in [2.05, 4.69) is 43.3 Å². The monoisotopic (exact) mass is 368 g/mol. The van der Waals surface area contributed by atoms with Gasteiger partial charge in [-0.3, -0.25) is 10.1 Å². The van der Waals surface area contributed by atoms with Gasteiger partial charge in [0.05, 0.1) is 16.1 Å². The van der Waals surface area contributed by atoms with Crippen molar-refractivity contribution in [2.75, 3.05) is 0 Å². The molecule has 0 unspecified atom stereocenters. The third-order valence-electron chi connectivity index (χ3n) is 5.93. The maximum absolute atomic E-state index is 11.0. The first kappa shape index (κ1) is 16.9. The lowest BCUT2D eigenvalue weighted by atomic mass is 9.79. The predicted octanol–water partition coefficient (Wildman–Crippen LogP) is 6.40. The molecule has 1 aliphatic rings. The van der Waals surface area contributed by atoms with E-state index in [0.717, 1.165) is 29.6 Å². The molecule has 0 spiro atoms. The van der Waals surface area contributed by atoms with Crippen molar-refractivity contribution >= 4 is 27.4 Å². The van der Waals surface area contributed by atoms with E-state index >= 15 is 0 Å². The summed E-state index contributed by atoms with van der Waals surface area (Å²) >= 11 is 0. The van der Waals surface area contributed by atoms with Crippen LogP contribution in [0.2, 0.25) is 0 Å². The summed E-state index contributed by atoms with van der Waals surface area (Å²) < 4.78 is 0. The molecular formula is C24H20N2O2. The Morgan fingerprint density at radius 1 is 1.04 bits per heavy atom. The number of nitrogens with zero attached hydrogens (tertiary/aromatic N) is 2. The Labute approximate surface area is 163 Å². The summed E-state index contributed by atoms with van der Waals surface area (Å²) in [6.45, 7) is 2.30. The minimum absolute atomic E-state index is 0.109. The molecule has 3 aromatic carbocycles. The van der Waals surface area contributed by atoms with Crippen LogP contribution in [0.3, 0.4) is 0 Å². The molecule has 0 N–H and O–H groups in total. The van der Waals surface area contributed by atoms with E-state index in [0.29, 0.717) is 5.92 Å². The maximum atomic E-state index is 11.0. The molecule has 1 heterocycles. The molecule has 0 radical (unpaired) electrons. The van der Waals surface area contributed by atoms with Gasteiger partial charge in [-0.1, -0.05) is 37.3 Å². The van der Waals surface area contributed by atoms with Crippen molar-refractivity contribution in [2.45, 2.75) is 32.1 Å². The van der Waals surface area contributed by atoms with Crippen LogP contribution < -0.4 is 0 Å². The summed E-state index contributed by atoms with van der Waals surface area (Å²) in [6, 6.07) is 19.5. The molecule has 4 heteroatoms. The highest BCUT2D eigenvalue weighted by Crippen LogP contribution is 2.42. The van der Waals surface area contributed by atoms with Crippen LogP contribution in [0.25, 0.3) is 32.9 Å². The first-order valence-electron chi connectivity index (χ1n) is 9.72. The normalized spacial score (nSPS) is 16.2. The summed E-state index contributed by atoms with van der Waals surface area (Å²) in [4.78, 5) is 15.7. The van der Waals surface area contributed by atoms with Crippen LogP contribution in [-0.2, 0) is 6.42 Å². The van der Waals surface area contributed by atoms with Gasteiger partial charge in [-0.25, -0.2) is 4.98 Å². The number of rotatable bonds is 2. The van der Waals surface area contributed by atoms with Crippen LogP contribution >= 0.6 is 0 Å². The van der Waals surface area contributed by atoms with E-state index in [1.54, 1.807) is 12.1 Å². The van der Waals surface area contributed by atoms with Crippen LogP contribution in [0.15, 0.2) is 60.7 Å². The second kappa shape index (κ2) is 6.41. The molecule has 4 aromatic rings. The molecule has 28 heavy (non-hydrogen) atoms. The number of fused-ring (bicyclic) bond motifs is 5. The summed E-state index contributed by atoms with van der Waals surface area (Å²) in [5.74, 6) is 0.469. The number of hydrogen-bond donors (Lipinski definition) is 0. The number of nitro benzene ring substituents is 1. The third-order valence-corrected chi connectivity index (χ3v) is 5.93. The van der Waals surface area contributed by atoms with Crippen LogP contribution in [0.1, 0.15) is 36.8 Å². The van der Waals surface area contributed by atoms with Gasteiger partial charge >= 0.3 is 0 Å². The molecule has 0 bridgehead atoms. The van der Waals surface area contributed by atoms with Gasteiger partial charge in [-0.2, -0.15) is 0 Å². The fourth-order valence-corrected chi connectivity index (χ4v) is 4.61. The highest BCUT2D eigenvalue weighted by atomic mass is 16.6. The highest BCUT2D eigenvalue weighted by Gasteiger charge is 2.25. The lowest BCUT2D eigenvalue weighted by molar-refractivity contribution is -0.384. The summed E-state index contributed by atoms with van der Waals surface area (Å²) in [5.41, 5.74) is 5.74. The Morgan fingerprint density at radius 3 is 2.61 bits per heavy atom. The molecule has 138 valence electrons. The van der Waals surface area contributed by atoms with E-state index in [9.17, 15) is 10.1 Å². The standard InChI is InChI=1S/C24H20N2O2/c1-15-5-4-8-20-22(15)23-19-7-3-2-6-16(19)11-14-21(23)25-24(20)17-9-12-18(13-10-17)26(27)28/h2-3,6-7,9-15H,4-5,8H2,1H3/t15-/m1/s1. The number of non-ortho nitro benzene ring substituents is 1. The van der Waals surface area contributed by atoms with E-state index < -0.39 is 0 Å². The summed E-state index contributed by atoms with van der Waals surface area (Å²) in [7, 11) is 0. The summed E-state index contributed by atoms with van der Waals surface area (Å²) in [5, 5.41) is 14.8. The molecule has 1 atom stereocenters. The van der Waals surface area contributed by atoms with Crippen LogP contribution in [-0.4, -0.2) is 9.91 Å². The molecule has 1 aromatic heterocycles. The van der Waals surface area contributed by atoms with Gasteiger partial charge in [0.2, 0.25) is 0 Å². The highest BCUT2D eigenvalue weighted by molar-refractivity contribution is 6.09. The third kappa shape index (κ3) is 2.56. The Hall–Kier alpha value is -3.27. The maximum Gasteiger partial charge on any atom is 0.269 e. The van der Waals surface area contributed by atoms with Crippen molar-refractivity contribution in [3.05, 3.63) is 81.9 Å². The van der Waals surface area contributed by atoms with Crippen LogP contribution in [0.4, 0.5) is 5.69 Å². The lowest BCUT2D eigenvalue weighted by Gasteiger charge is -2.27. The van der Waals surface area contributed by atoms with E-state index in [-0.39, 0.29) is 10.6 Å². The minimum atomic E-state index is -0.360. The smallest absolute Gasteiger partial charge is 0.258 e. The number of hydrogen-bond acceptors (Lipinski definition) is 3. The summed E-state index contributed by atoms with van der Waals surface area (Å²) in [6.07, 6.45) is 3.32. The van der Waals surface area contributed by atoms with Gasteiger partial charge in [0.15, 0.2) is 0 Å². The molecule has 0 amide bonds. The zero-order valence-electron chi connectivity index (χ0n) is 15.7. The molecule has 0 saturated heterocycles. The van der Waals surface area contributed by atoms with Gasteiger partial charge in [-0.05, 0) is 65.3 Å². The van der Waals surface area contributed by atoms with E-state index in [4.69, 9.17) is 4.98 Å². The Bertz CT molecular complexity index is 1230. The van der Waals surface area contributed by atoms with Gasteiger partial charge in [0, 0.05) is 23.1 Å². The first-order chi connectivity index (χ1) is 13.6. The van der Waals surface area contributed by atoms with Crippen LogP contribution in [0.5, 0.6) is 0 Å². The molecule has 0 saturated carbocycles. The van der Waals surface area contributed by atoms with Gasteiger partial charge in [-0.15, -0.1) is 0 Å². The molecule has 5 rings (SSSR count). The second-order valence-electron chi connectivity index (χ2n) is 7.63. The first-order valence-corrected chi connectivity index (χ1v) is 9.72. The Balaban J connectivity index is 1.84. The molecule has 0 aliphatic heterocycles. The van der Waals surface area contributed by atoms with Gasteiger partial charge in [0.25, 0.3) is 5.69 Å². The number of aromatic nitrogens is 1. The Morgan fingerprint density at radius 2 is 1.82 bits per heavy atom. The number of nitro groups is 1. The average molecular weight is 368 g/mol. The minimum Gasteiger partial charge on any atom is -0.258 e. The fraction of sp³-hybridized carbons (Fsp3) is 0.208. The van der Waals surface area contributed by atoms with E-state index in [1.165, 1.54) is 33.7 Å². The predicted molar refractivity (Wildman–Crippen MR) is 113 cm³/mol. The van der Waals surface area contributed by atoms with Gasteiger partial charge in [0.1, 0.15) is 0 Å². The zero-order valence-corrected chi connectivity index (χ0v) is 15.7. The fourth-order valence-electron chi connectivity index (χ4n) is 4.61.